The highest BCUT2D eigenvalue weighted by Gasteiger charge is 2.45. The third kappa shape index (κ3) is 20.4. The molecular formula is C39H78N2O9. The van der Waals surface area contributed by atoms with Crippen LogP contribution >= 0.6 is 0 Å². The Balaban J connectivity index is 0.000000506. The largest absolute Gasteiger partial charge is 0.376 e. The van der Waals surface area contributed by atoms with Gasteiger partial charge in [-0.05, 0) is 101 Å². The van der Waals surface area contributed by atoms with Gasteiger partial charge in [0.25, 0.3) is 0 Å². The van der Waals surface area contributed by atoms with Gasteiger partial charge in [0.1, 0.15) is 36.6 Å². The molecule has 0 spiro atoms. The minimum Gasteiger partial charge on any atom is -0.376 e. The van der Waals surface area contributed by atoms with Gasteiger partial charge in [0.15, 0.2) is 0 Å². The zero-order valence-corrected chi connectivity index (χ0v) is 33.8. The van der Waals surface area contributed by atoms with Crippen LogP contribution in [0.25, 0.3) is 0 Å². The van der Waals surface area contributed by atoms with E-state index in [1.165, 1.54) is 6.42 Å². The highest BCUT2D eigenvalue weighted by atomic mass is 16.6. The van der Waals surface area contributed by atoms with E-state index in [1.54, 1.807) is 0 Å². The van der Waals surface area contributed by atoms with Gasteiger partial charge >= 0.3 is 0 Å². The summed E-state index contributed by atoms with van der Waals surface area (Å²) in [5.74, 6) is 0.126. The van der Waals surface area contributed by atoms with Crippen LogP contribution in [0.5, 0.6) is 0 Å². The summed E-state index contributed by atoms with van der Waals surface area (Å²) in [7, 11) is 0. The Morgan fingerprint density at radius 1 is 0.620 bits per heavy atom. The number of hydrogen-bond donors (Lipinski definition) is 2. The topological polar surface area (TPSA) is 129 Å². The fourth-order valence-electron chi connectivity index (χ4n) is 6.05. The Hall–Kier alpha value is -0.890. The number of nitrogens with two attached hydrogens (primary N) is 1. The standard InChI is InChI=1S/C21H41NO5.C18H37NO4/c1-7-19(23)22-12-10-8-9-11-13-24-20-17(6)27-18(14-25-15(2)3)21(20)26-16(4)5;1-13(2)21-12-16-18(22-14(3)4)17(15(5)23-16)20-11-9-7-6-8-10-19/h15-18,20-21H,7-14H2,1-6H3,(H,22,23);13-18H,6-12,19H2,1-5H3/t17-,18?,20-,21+;15-,16?,17-,18+/m00/s1. The molecule has 2 rings (SSSR count). The minimum absolute atomic E-state index is 0.00114. The number of carbonyl (C=O) groups excluding carboxylic acids is 1. The van der Waals surface area contributed by atoms with Crippen molar-refractivity contribution in [2.75, 3.05) is 39.5 Å². The Labute approximate surface area is 306 Å². The van der Waals surface area contributed by atoms with Crippen molar-refractivity contribution in [3.8, 4) is 0 Å². The predicted octanol–water partition coefficient (Wildman–Crippen LogP) is 6.36. The van der Waals surface area contributed by atoms with Crippen LogP contribution in [0.15, 0.2) is 0 Å². The van der Waals surface area contributed by atoms with E-state index in [0.717, 1.165) is 64.6 Å². The van der Waals surface area contributed by atoms with E-state index in [4.69, 9.17) is 43.6 Å². The molecule has 50 heavy (non-hydrogen) atoms. The molecule has 2 unspecified atom stereocenters. The van der Waals surface area contributed by atoms with Crippen LogP contribution in [-0.2, 0) is 42.7 Å². The highest BCUT2D eigenvalue weighted by Crippen LogP contribution is 2.29. The lowest BCUT2D eigenvalue weighted by atomic mass is 10.1. The van der Waals surface area contributed by atoms with E-state index in [9.17, 15) is 4.79 Å². The van der Waals surface area contributed by atoms with Crippen molar-refractivity contribution in [1.82, 2.24) is 5.32 Å². The molecule has 0 saturated carbocycles. The van der Waals surface area contributed by atoms with Gasteiger partial charge in [-0.25, -0.2) is 0 Å². The Morgan fingerprint density at radius 3 is 1.42 bits per heavy atom. The molecule has 11 heteroatoms. The van der Waals surface area contributed by atoms with E-state index < -0.39 is 0 Å². The summed E-state index contributed by atoms with van der Waals surface area (Å²) in [6.07, 6.45) is 9.54. The van der Waals surface area contributed by atoms with Gasteiger partial charge in [0.2, 0.25) is 5.91 Å². The van der Waals surface area contributed by atoms with Crippen molar-refractivity contribution in [3.05, 3.63) is 0 Å². The number of carbonyl (C=O) groups is 1. The maximum atomic E-state index is 11.2. The molecule has 0 radical (unpaired) electrons. The van der Waals surface area contributed by atoms with Crippen LogP contribution in [-0.4, -0.2) is 119 Å². The van der Waals surface area contributed by atoms with E-state index in [0.29, 0.717) is 26.2 Å². The van der Waals surface area contributed by atoms with E-state index >= 15 is 0 Å². The molecule has 0 aromatic rings. The second kappa shape index (κ2) is 27.7. The van der Waals surface area contributed by atoms with Crippen LogP contribution in [0.2, 0.25) is 0 Å². The van der Waals surface area contributed by atoms with E-state index in [-0.39, 0.29) is 79.2 Å². The third-order valence-electron chi connectivity index (χ3n) is 8.56. The molecule has 2 fully saturated rings. The highest BCUT2D eigenvalue weighted by molar-refractivity contribution is 5.75. The smallest absolute Gasteiger partial charge is 0.219 e. The SMILES string of the molecule is CC(C)OCC1O[C@@H](C)[C@H](OCCCCCCN)[C@@H]1OC(C)C.CCC(=O)NCCCCCCO[C@H]1[C@H](C)OC(COC(C)C)[C@H]1OC(C)C. The van der Waals surface area contributed by atoms with Gasteiger partial charge < -0.3 is 48.9 Å². The van der Waals surface area contributed by atoms with Gasteiger partial charge in [0.05, 0.1) is 49.8 Å². The zero-order chi connectivity index (χ0) is 37.5. The monoisotopic (exact) mass is 719 g/mol. The second-order valence-electron chi connectivity index (χ2n) is 14.8. The molecule has 8 atom stereocenters. The number of rotatable bonds is 26. The fourth-order valence-corrected chi connectivity index (χ4v) is 6.05. The molecule has 2 aliphatic rings. The van der Waals surface area contributed by atoms with Crippen LogP contribution in [0.1, 0.15) is 134 Å². The van der Waals surface area contributed by atoms with Gasteiger partial charge in [-0.2, -0.15) is 0 Å². The molecule has 0 aliphatic carbocycles. The van der Waals surface area contributed by atoms with Gasteiger partial charge in [-0.3, -0.25) is 4.79 Å². The summed E-state index contributed by atoms with van der Waals surface area (Å²) in [4.78, 5) is 11.2. The Bertz CT molecular complexity index is 831. The number of ether oxygens (including phenoxy) is 8. The van der Waals surface area contributed by atoms with Gasteiger partial charge in [-0.1, -0.05) is 32.6 Å². The van der Waals surface area contributed by atoms with E-state index in [2.05, 4.69) is 12.2 Å². The molecule has 2 saturated heterocycles. The molecule has 1 amide bonds. The maximum Gasteiger partial charge on any atom is 0.219 e. The second-order valence-corrected chi connectivity index (χ2v) is 14.8. The summed E-state index contributed by atoms with van der Waals surface area (Å²) in [6.45, 7) is 26.4. The van der Waals surface area contributed by atoms with Crippen LogP contribution < -0.4 is 11.1 Å². The molecule has 11 nitrogen and oxygen atoms in total. The lowest BCUT2D eigenvalue weighted by molar-refractivity contribution is -0.120. The zero-order valence-electron chi connectivity index (χ0n) is 33.8. The van der Waals surface area contributed by atoms with Crippen molar-refractivity contribution >= 4 is 5.91 Å². The molecule has 0 aromatic heterocycles. The maximum absolute atomic E-state index is 11.2. The van der Waals surface area contributed by atoms with Gasteiger partial charge in [-0.15, -0.1) is 0 Å². The van der Waals surface area contributed by atoms with Crippen molar-refractivity contribution in [2.24, 2.45) is 5.73 Å². The molecular weight excluding hydrogens is 640 g/mol. The predicted molar refractivity (Wildman–Crippen MR) is 200 cm³/mol. The summed E-state index contributed by atoms with van der Waals surface area (Å²) < 4.78 is 48.1. The van der Waals surface area contributed by atoms with Gasteiger partial charge in [0, 0.05) is 26.2 Å². The fraction of sp³-hybridized carbons (Fsp3) is 0.974. The van der Waals surface area contributed by atoms with Crippen LogP contribution in [0, 0.1) is 0 Å². The van der Waals surface area contributed by atoms with Crippen molar-refractivity contribution in [1.29, 1.82) is 0 Å². The summed E-state index contributed by atoms with van der Waals surface area (Å²) in [6, 6.07) is 0. The first kappa shape index (κ1) is 47.1. The molecule has 3 N–H and O–H groups in total. The van der Waals surface area contributed by atoms with Crippen LogP contribution in [0.3, 0.4) is 0 Å². The first-order valence-corrected chi connectivity index (χ1v) is 19.8. The van der Waals surface area contributed by atoms with Crippen molar-refractivity contribution in [3.63, 3.8) is 0 Å². The van der Waals surface area contributed by atoms with E-state index in [1.807, 2.05) is 69.2 Å². The summed E-state index contributed by atoms with van der Waals surface area (Å²) in [5, 5.41) is 2.91. The minimum atomic E-state index is -0.0944. The molecule has 0 bridgehead atoms. The lowest BCUT2D eigenvalue weighted by Gasteiger charge is -2.26. The summed E-state index contributed by atoms with van der Waals surface area (Å²) >= 11 is 0. The first-order valence-electron chi connectivity index (χ1n) is 19.8. The summed E-state index contributed by atoms with van der Waals surface area (Å²) in [5.41, 5.74) is 5.51. The molecule has 0 aromatic carbocycles. The molecule has 2 heterocycles. The number of unbranched alkanes of at least 4 members (excludes halogenated alkanes) is 6. The van der Waals surface area contributed by atoms with Crippen molar-refractivity contribution < 1.29 is 42.7 Å². The Morgan fingerprint density at radius 2 is 1.04 bits per heavy atom. The Kier molecular flexibility index (Phi) is 26.1. The molecule has 2 aliphatic heterocycles. The molecule has 298 valence electrons. The average Bonchev–Trinajstić information content (AvgIpc) is 3.50. The third-order valence-corrected chi connectivity index (χ3v) is 8.56. The van der Waals surface area contributed by atoms with Crippen LogP contribution in [0.4, 0.5) is 0 Å². The normalized spacial score (nSPS) is 26.7. The number of hydrogen-bond acceptors (Lipinski definition) is 10. The number of amides is 1. The quantitative estimate of drug-likeness (QED) is 0.0976. The number of nitrogens with one attached hydrogen (secondary N) is 1. The van der Waals surface area contributed by atoms with Crippen molar-refractivity contribution in [2.45, 2.75) is 207 Å². The first-order chi connectivity index (χ1) is 23.8. The average molecular weight is 719 g/mol. The lowest BCUT2D eigenvalue weighted by Crippen LogP contribution is -2.40.